The van der Waals surface area contributed by atoms with Gasteiger partial charge >= 0.3 is 0 Å². The van der Waals surface area contributed by atoms with Crippen molar-refractivity contribution in [2.45, 2.75) is 27.2 Å². The smallest absolute Gasteiger partial charge is 0.00297 e. The lowest BCUT2D eigenvalue weighted by atomic mass is 10.6. The molecule has 0 aromatic heterocycles. The van der Waals surface area contributed by atoms with Gasteiger partial charge in [0.05, 0.1) is 0 Å². The Balaban J connectivity index is -0.0000000600. The summed E-state index contributed by atoms with van der Waals surface area (Å²) in [7, 11) is 0. The van der Waals surface area contributed by atoms with E-state index in [1.807, 2.05) is 0 Å². The summed E-state index contributed by atoms with van der Waals surface area (Å²) < 4.78 is 0. The molecule has 0 aliphatic rings. The van der Waals surface area contributed by atoms with Crippen LogP contribution in [0, 0.1) is 12.3 Å². The highest BCUT2D eigenvalue weighted by molar-refractivity contribution is 4.73. The molecule has 0 amide bonds. The van der Waals surface area contributed by atoms with Crippen LogP contribution in [0.5, 0.6) is 0 Å². The summed E-state index contributed by atoms with van der Waals surface area (Å²) >= 11 is 0. The fraction of sp³-hybridized carbons (Fsp3) is 0.444. The van der Waals surface area contributed by atoms with Crippen LogP contribution in [-0.2, 0) is 0 Å². The largest absolute Gasteiger partial charge is 0.137 e. The molecule has 0 aliphatic carbocycles. The van der Waals surface area contributed by atoms with Crippen molar-refractivity contribution < 1.29 is 0 Å². The number of hydrogen-bond acceptors (Lipinski definition) is 0. The lowest BCUT2D eigenvalue weighted by Gasteiger charge is -1.48. The normalized spacial score (nSPS) is 3.78. The number of rotatable bonds is 0. The van der Waals surface area contributed by atoms with Crippen molar-refractivity contribution in [3.8, 4) is 12.3 Å². The summed E-state index contributed by atoms with van der Waals surface area (Å²) in [6.45, 7) is 12.2. The predicted molar refractivity (Wildman–Crippen MR) is 45.2 cm³/mol. The molecule has 0 saturated carbocycles. The van der Waals surface area contributed by atoms with Crippen LogP contribution >= 0.6 is 0 Å². The second kappa shape index (κ2) is 60.5. The predicted octanol–water partition coefficient (Wildman–Crippen LogP) is 3.01. The molecule has 0 heteroatoms. The molecule has 0 N–H and O–H groups in total. The first-order valence-electron chi connectivity index (χ1n) is 2.91. The van der Waals surface area contributed by atoms with Crippen LogP contribution < -0.4 is 0 Å². The van der Waals surface area contributed by atoms with Crippen LogP contribution in [-0.4, -0.2) is 0 Å². The van der Waals surface area contributed by atoms with Gasteiger partial charge in [0.2, 0.25) is 0 Å². The molecule has 0 radical (unpaired) electrons. The molecule has 0 rings (SSSR count). The van der Waals surface area contributed by atoms with Gasteiger partial charge in [0, 0.05) is 0 Å². The van der Waals surface area contributed by atoms with Crippen LogP contribution in [0.25, 0.3) is 0 Å². The average Bonchev–Trinajstić information content (AvgIpc) is 1.70. The Morgan fingerprint density at radius 1 is 1.33 bits per heavy atom. The fourth-order valence-electron chi connectivity index (χ4n) is 0. The van der Waals surface area contributed by atoms with Crippen molar-refractivity contribution in [1.29, 1.82) is 0 Å². The molecule has 0 heterocycles. The van der Waals surface area contributed by atoms with Gasteiger partial charge in [-0.2, -0.15) is 0 Å². The zero-order chi connectivity index (χ0) is 8.12. The molecule has 0 saturated heterocycles. The maximum atomic E-state index is 4.60. The Bertz CT molecular complexity index is 76.7. The van der Waals surface area contributed by atoms with E-state index in [-0.39, 0.29) is 0 Å². The highest BCUT2D eigenvalue weighted by Crippen LogP contribution is 1.56. The molecule has 0 aromatic rings. The maximum absolute atomic E-state index is 4.60. The van der Waals surface area contributed by atoms with Gasteiger partial charge < -0.3 is 0 Å². The summed E-state index contributed by atoms with van der Waals surface area (Å²) in [4.78, 5) is 0. The molecule has 0 atom stereocenters. The molecule has 0 nitrogen and oxygen atoms in total. The third-order valence-corrected chi connectivity index (χ3v) is 0. The Hall–Kier alpha value is -0.920. The van der Waals surface area contributed by atoms with E-state index in [1.54, 1.807) is 6.92 Å². The van der Waals surface area contributed by atoms with Crippen molar-refractivity contribution in [3.63, 3.8) is 0 Å². The molecule has 0 fully saturated rings. The van der Waals surface area contributed by atoms with Gasteiger partial charge in [-0.05, 0) is 6.92 Å². The third-order valence-electron chi connectivity index (χ3n) is 0. The van der Waals surface area contributed by atoms with Gasteiger partial charge in [-0.15, -0.1) is 18.1 Å². The van der Waals surface area contributed by atoms with Crippen LogP contribution in [0.2, 0.25) is 0 Å². The van der Waals surface area contributed by atoms with Gasteiger partial charge in [-0.3, -0.25) is 0 Å². The van der Waals surface area contributed by atoms with Crippen LogP contribution in [0.3, 0.4) is 0 Å². The third kappa shape index (κ3) is 216. The topological polar surface area (TPSA) is 0 Å². The molecule has 0 unspecified atom stereocenters. The summed E-state index contributed by atoms with van der Waals surface area (Å²) in [5.41, 5.74) is 2.25. The van der Waals surface area contributed by atoms with Crippen LogP contribution in [0.1, 0.15) is 27.2 Å². The van der Waals surface area contributed by atoms with Crippen molar-refractivity contribution >= 4 is 0 Å². The second-order valence-corrected chi connectivity index (χ2v) is 1.25. The number of terminal acetylenes is 1. The Morgan fingerprint density at radius 3 is 1.33 bits per heavy atom. The van der Waals surface area contributed by atoms with Crippen molar-refractivity contribution in [3.05, 3.63) is 18.9 Å². The SMILES string of the molecule is C#CC.C=C=C.CCC. The van der Waals surface area contributed by atoms with E-state index in [0.29, 0.717) is 0 Å². The van der Waals surface area contributed by atoms with E-state index >= 15 is 0 Å². The zero-order valence-electron chi connectivity index (χ0n) is 6.70. The maximum Gasteiger partial charge on any atom is -0.00297 e. The van der Waals surface area contributed by atoms with E-state index in [9.17, 15) is 0 Å². The Labute approximate surface area is 59.3 Å². The minimum atomic E-state index is 1.25. The van der Waals surface area contributed by atoms with Gasteiger partial charge in [-0.25, -0.2) is 0 Å². The Morgan fingerprint density at radius 2 is 1.33 bits per heavy atom. The quantitative estimate of drug-likeness (QED) is 0.344. The first-order chi connectivity index (χ1) is 4.24. The van der Waals surface area contributed by atoms with E-state index in [0.717, 1.165) is 0 Å². The summed E-state index contributed by atoms with van der Waals surface area (Å²) in [6.07, 6.45) is 5.85. The first-order valence-corrected chi connectivity index (χ1v) is 2.91. The summed E-state index contributed by atoms with van der Waals surface area (Å²) in [5, 5.41) is 0. The molecule has 0 aliphatic heterocycles. The van der Waals surface area contributed by atoms with Gasteiger partial charge in [-0.1, -0.05) is 33.4 Å². The fourth-order valence-corrected chi connectivity index (χ4v) is 0. The van der Waals surface area contributed by atoms with Crippen molar-refractivity contribution in [1.82, 2.24) is 0 Å². The minimum Gasteiger partial charge on any atom is -0.137 e. The highest BCUT2D eigenvalue weighted by atomic mass is 13.4. The molecular weight excluding hydrogens is 108 g/mol. The molecular formula is C9H16. The van der Waals surface area contributed by atoms with Gasteiger partial charge in [0.1, 0.15) is 0 Å². The summed E-state index contributed by atoms with van der Waals surface area (Å²) in [6, 6.07) is 0. The molecule has 0 bridgehead atoms. The van der Waals surface area contributed by atoms with E-state index < -0.39 is 0 Å². The molecule has 0 aromatic carbocycles. The van der Waals surface area contributed by atoms with E-state index in [4.69, 9.17) is 0 Å². The van der Waals surface area contributed by atoms with Crippen LogP contribution in [0.15, 0.2) is 18.9 Å². The van der Waals surface area contributed by atoms with Crippen molar-refractivity contribution in [2.75, 3.05) is 0 Å². The van der Waals surface area contributed by atoms with E-state index in [2.05, 4.69) is 45.1 Å². The minimum absolute atomic E-state index is 1.25. The standard InChI is InChI=1S/C3H8.2C3H4/c3*1-3-2/h3H2,1-2H3;1-2H2;1H,2H3. The number of hydrogen-bond donors (Lipinski definition) is 0. The molecule has 52 valence electrons. The van der Waals surface area contributed by atoms with Crippen LogP contribution in [0.4, 0.5) is 0 Å². The monoisotopic (exact) mass is 124 g/mol. The average molecular weight is 124 g/mol. The first kappa shape index (κ1) is 15.7. The zero-order valence-corrected chi connectivity index (χ0v) is 6.70. The molecule has 0 spiro atoms. The van der Waals surface area contributed by atoms with Gasteiger partial charge in [0.15, 0.2) is 0 Å². The molecule has 9 heavy (non-hydrogen) atoms. The lowest BCUT2D eigenvalue weighted by Crippen LogP contribution is -1.27. The summed E-state index contributed by atoms with van der Waals surface area (Å²) in [5.74, 6) is 2.25. The second-order valence-electron chi connectivity index (χ2n) is 1.25. The van der Waals surface area contributed by atoms with Gasteiger partial charge in [0.25, 0.3) is 0 Å². The van der Waals surface area contributed by atoms with Crippen molar-refractivity contribution in [2.24, 2.45) is 0 Å². The van der Waals surface area contributed by atoms with E-state index in [1.165, 1.54) is 6.42 Å². The highest BCUT2D eigenvalue weighted by Gasteiger charge is 1.35. The lowest BCUT2D eigenvalue weighted by molar-refractivity contribution is 1.09. The Kier molecular flexibility index (Phi) is 105.